The van der Waals surface area contributed by atoms with E-state index in [4.69, 9.17) is 4.74 Å². The number of nitro benzene ring substituents is 1. The van der Waals surface area contributed by atoms with Crippen LogP contribution in [0, 0.1) is 10.1 Å². The highest BCUT2D eigenvalue weighted by molar-refractivity contribution is 9.11. The third kappa shape index (κ3) is 4.07. The van der Waals surface area contributed by atoms with Crippen molar-refractivity contribution in [2.75, 3.05) is 18.5 Å². The van der Waals surface area contributed by atoms with E-state index in [1.54, 1.807) is 19.1 Å². The van der Waals surface area contributed by atoms with Crippen LogP contribution in [-0.2, 0) is 0 Å². The molecule has 0 aromatic heterocycles. The molecule has 0 fully saturated rings. The van der Waals surface area contributed by atoms with Gasteiger partial charge < -0.3 is 10.1 Å². The number of hydrogen-bond donors (Lipinski definition) is 1. The minimum absolute atomic E-state index is 0.0323. The first kappa shape index (κ1) is 13.5. The van der Waals surface area contributed by atoms with E-state index in [1.807, 2.05) is 0 Å². The van der Waals surface area contributed by atoms with E-state index in [2.05, 4.69) is 27.8 Å². The minimum Gasteiger partial charge on any atom is -0.487 e. The maximum atomic E-state index is 10.8. The second-order valence-corrected chi connectivity index (χ2v) is 4.36. The molecule has 1 N–H and O–H groups in total. The van der Waals surface area contributed by atoms with Crippen LogP contribution in [0.2, 0.25) is 0 Å². The molecule has 5 nitrogen and oxygen atoms in total. The molecular weight excluding hydrogens is 288 g/mol. The van der Waals surface area contributed by atoms with Crippen molar-refractivity contribution in [3.8, 4) is 5.75 Å². The Kier molecular flexibility index (Phi) is 4.96. The molecule has 0 bridgehead atoms. The maximum Gasteiger partial charge on any atom is 0.311 e. The van der Waals surface area contributed by atoms with Gasteiger partial charge in [-0.05, 0) is 13.0 Å². The Balaban J connectivity index is 2.92. The fourth-order valence-corrected chi connectivity index (χ4v) is 1.38. The molecule has 92 valence electrons. The van der Waals surface area contributed by atoms with Gasteiger partial charge in [0.05, 0.1) is 11.5 Å². The van der Waals surface area contributed by atoms with Gasteiger partial charge in [0.15, 0.2) is 5.75 Å². The van der Waals surface area contributed by atoms with Gasteiger partial charge in [-0.3, -0.25) is 10.1 Å². The monoisotopic (exact) mass is 300 g/mol. The molecule has 0 amide bonds. The van der Waals surface area contributed by atoms with E-state index in [-0.39, 0.29) is 11.4 Å². The van der Waals surface area contributed by atoms with Crippen molar-refractivity contribution in [1.29, 1.82) is 0 Å². The summed E-state index contributed by atoms with van der Waals surface area (Å²) in [5.74, 6) is 0.266. The molecule has 0 unspecified atom stereocenters. The van der Waals surface area contributed by atoms with Crippen LogP contribution in [0.15, 0.2) is 29.3 Å². The molecule has 1 aromatic carbocycles. The summed E-state index contributed by atoms with van der Waals surface area (Å²) in [5, 5.41) is 13.8. The van der Waals surface area contributed by atoms with Crippen molar-refractivity contribution in [2.45, 2.75) is 6.92 Å². The van der Waals surface area contributed by atoms with Crippen molar-refractivity contribution >= 4 is 27.3 Å². The molecule has 0 spiro atoms. The lowest BCUT2D eigenvalue weighted by atomic mass is 10.2. The van der Waals surface area contributed by atoms with Gasteiger partial charge in [0.1, 0.15) is 0 Å². The molecular formula is C11H13BrN2O3. The SMILES string of the molecule is C=C(Br)CNc1ccc([N+](=O)[O-])c(OCC)c1. The van der Waals surface area contributed by atoms with Crippen molar-refractivity contribution in [2.24, 2.45) is 0 Å². The van der Waals surface area contributed by atoms with Crippen LogP contribution in [0.25, 0.3) is 0 Å². The first-order valence-corrected chi connectivity index (χ1v) is 5.82. The Hall–Kier alpha value is -1.56. The third-order valence-corrected chi connectivity index (χ3v) is 2.22. The highest BCUT2D eigenvalue weighted by atomic mass is 79.9. The lowest BCUT2D eigenvalue weighted by Crippen LogP contribution is -2.02. The summed E-state index contributed by atoms with van der Waals surface area (Å²) in [4.78, 5) is 10.3. The average Bonchev–Trinajstić information content (AvgIpc) is 2.26. The van der Waals surface area contributed by atoms with E-state index in [0.29, 0.717) is 13.2 Å². The molecule has 17 heavy (non-hydrogen) atoms. The number of halogens is 1. The largest absolute Gasteiger partial charge is 0.487 e. The van der Waals surface area contributed by atoms with Gasteiger partial charge >= 0.3 is 5.69 Å². The van der Waals surface area contributed by atoms with Gasteiger partial charge in [0.2, 0.25) is 0 Å². The number of rotatable bonds is 6. The zero-order valence-corrected chi connectivity index (χ0v) is 11.0. The molecule has 0 saturated carbocycles. The second kappa shape index (κ2) is 6.24. The number of ether oxygens (including phenoxy) is 1. The lowest BCUT2D eigenvalue weighted by Gasteiger charge is -2.08. The number of nitrogens with zero attached hydrogens (tertiary/aromatic N) is 1. The second-order valence-electron chi connectivity index (χ2n) is 3.24. The van der Waals surface area contributed by atoms with Gasteiger partial charge in [0.25, 0.3) is 0 Å². The van der Waals surface area contributed by atoms with Gasteiger partial charge in [-0.1, -0.05) is 22.5 Å². The molecule has 0 radical (unpaired) electrons. The zero-order chi connectivity index (χ0) is 12.8. The van der Waals surface area contributed by atoms with Gasteiger partial charge in [0, 0.05) is 28.8 Å². The van der Waals surface area contributed by atoms with Gasteiger partial charge in [-0.15, -0.1) is 0 Å². The molecule has 0 aliphatic heterocycles. The fourth-order valence-electron chi connectivity index (χ4n) is 1.24. The van der Waals surface area contributed by atoms with E-state index >= 15 is 0 Å². The molecule has 0 heterocycles. The molecule has 6 heteroatoms. The first-order chi connectivity index (χ1) is 8.04. The first-order valence-electron chi connectivity index (χ1n) is 5.03. The molecule has 1 rings (SSSR count). The number of nitro groups is 1. The molecule has 0 atom stereocenters. The van der Waals surface area contributed by atoms with Crippen LogP contribution < -0.4 is 10.1 Å². The highest BCUT2D eigenvalue weighted by Crippen LogP contribution is 2.30. The highest BCUT2D eigenvalue weighted by Gasteiger charge is 2.15. The quantitative estimate of drug-likeness (QED) is 0.646. The summed E-state index contributed by atoms with van der Waals surface area (Å²) in [6, 6.07) is 4.67. The van der Waals surface area contributed by atoms with Crippen LogP contribution in [-0.4, -0.2) is 18.1 Å². The van der Waals surface area contributed by atoms with Gasteiger partial charge in [-0.2, -0.15) is 0 Å². The van der Waals surface area contributed by atoms with Crippen LogP contribution in [0.4, 0.5) is 11.4 Å². The van der Waals surface area contributed by atoms with Crippen LogP contribution >= 0.6 is 15.9 Å². The van der Waals surface area contributed by atoms with Crippen molar-refractivity contribution in [1.82, 2.24) is 0 Å². The minimum atomic E-state index is -0.460. The van der Waals surface area contributed by atoms with Crippen molar-refractivity contribution in [3.05, 3.63) is 39.4 Å². The van der Waals surface area contributed by atoms with E-state index < -0.39 is 4.92 Å². The maximum absolute atomic E-state index is 10.8. The Morgan fingerprint density at radius 3 is 2.88 bits per heavy atom. The van der Waals surface area contributed by atoms with E-state index in [0.717, 1.165) is 10.2 Å². The Bertz CT molecular complexity index is 435. The molecule has 0 saturated heterocycles. The number of benzene rings is 1. The number of anilines is 1. The lowest BCUT2D eigenvalue weighted by molar-refractivity contribution is -0.385. The predicted molar refractivity (Wildman–Crippen MR) is 70.8 cm³/mol. The van der Waals surface area contributed by atoms with Crippen molar-refractivity contribution < 1.29 is 9.66 Å². The summed E-state index contributed by atoms with van der Waals surface area (Å²) in [7, 11) is 0. The molecule has 0 aliphatic rings. The average molecular weight is 301 g/mol. The molecule has 0 aliphatic carbocycles. The summed E-state index contributed by atoms with van der Waals surface area (Å²) in [6.07, 6.45) is 0. The Labute approximate surface area is 108 Å². The Morgan fingerprint density at radius 2 is 2.35 bits per heavy atom. The van der Waals surface area contributed by atoms with Gasteiger partial charge in [-0.25, -0.2) is 0 Å². The smallest absolute Gasteiger partial charge is 0.311 e. The topological polar surface area (TPSA) is 64.4 Å². The predicted octanol–water partition coefficient (Wildman–Crippen LogP) is 3.31. The van der Waals surface area contributed by atoms with E-state index in [9.17, 15) is 10.1 Å². The van der Waals surface area contributed by atoms with Crippen molar-refractivity contribution in [3.63, 3.8) is 0 Å². The summed E-state index contributed by atoms with van der Waals surface area (Å²) >= 11 is 3.22. The summed E-state index contributed by atoms with van der Waals surface area (Å²) in [5.41, 5.74) is 0.717. The summed E-state index contributed by atoms with van der Waals surface area (Å²) < 4.78 is 6.03. The van der Waals surface area contributed by atoms with Crippen LogP contribution in [0.1, 0.15) is 6.92 Å². The fraction of sp³-hybridized carbons (Fsp3) is 0.273. The van der Waals surface area contributed by atoms with E-state index in [1.165, 1.54) is 6.07 Å². The standard InChI is InChI=1S/C11H13BrN2O3/c1-3-17-11-6-9(13-7-8(2)12)4-5-10(11)14(15)16/h4-6,13H,2-3,7H2,1H3. The van der Waals surface area contributed by atoms with Crippen LogP contribution in [0.5, 0.6) is 5.75 Å². The number of hydrogen-bond acceptors (Lipinski definition) is 4. The Morgan fingerprint density at radius 1 is 1.65 bits per heavy atom. The van der Waals surface area contributed by atoms with Crippen LogP contribution in [0.3, 0.4) is 0 Å². The third-order valence-electron chi connectivity index (χ3n) is 1.94. The number of nitrogens with one attached hydrogen (secondary N) is 1. The summed E-state index contributed by atoms with van der Waals surface area (Å²) in [6.45, 7) is 6.40. The zero-order valence-electron chi connectivity index (χ0n) is 9.40. The normalized spacial score (nSPS) is 9.76. The molecule has 1 aromatic rings.